The van der Waals surface area contributed by atoms with E-state index in [1.54, 1.807) is 12.1 Å². The number of aliphatic hydroxyl groups is 1. The Morgan fingerprint density at radius 2 is 2.07 bits per heavy atom. The van der Waals surface area contributed by atoms with Crippen LogP contribution in [0.3, 0.4) is 0 Å². The Morgan fingerprint density at radius 1 is 1.50 bits per heavy atom. The van der Waals surface area contributed by atoms with Crippen LogP contribution < -0.4 is 0 Å². The van der Waals surface area contributed by atoms with E-state index >= 15 is 0 Å². The van der Waals surface area contributed by atoms with E-state index in [-0.39, 0.29) is 5.70 Å². The van der Waals surface area contributed by atoms with Crippen LogP contribution in [-0.2, 0) is 0 Å². The van der Waals surface area contributed by atoms with Gasteiger partial charge in [-0.25, -0.2) is 0 Å². The van der Waals surface area contributed by atoms with Gasteiger partial charge in [0.15, 0.2) is 0 Å². The standard InChI is InChI=1S/C10H11NO3/c1-8-2-4-9(5-3-8)6-10(7-12)11(13)14/h2-6,12H,7H2,1H3/b10-6+. The van der Waals surface area contributed by atoms with Crippen LogP contribution in [0.1, 0.15) is 11.1 Å². The second-order valence-corrected chi connectivity index (χ2v) is 2.96. The fourth-order valence-corrected chi connectivity index (χ4v) is 1.01. The summed E-state index contributed by atoms with van der Waals surface area (Å²) in [4.78, 5) is 9.80. The van der Waals surface area contributed by atoms with Gasteiger partial charge in [0.1, 0.15) is 6.61 Å². The van der Waals surface area contributed by atoms with E-state index in [1.807, 2.05) is 19.1 Å². The van der Waals surface area contributed by atoms with Crippen molar-refractivity contribution in [3.63, 3.8) is 0 Å². The van der Waals surface area contributed by atoms with Crippen LogP contribution >= 0.6 is 0 Å². The van der Waals surface area contributed by atoms with Crippen LogP contribution in [-0.4, -0.2) is 16.6 Å². The Labute approximate surface area is 81.6 Å². The molecule has 4 nitrogen and oxygen atoms in total. The van der Waals surface area contributed by atoms with Gasteiger partial charge in [0.05, 0.1) is 4.92 Å². The van der Waals surface area contributed by atoms with Crippen molar-refractivity contribution in [3.8, 4) is 0 Å². The van der Waals surface area contributed by atoms with Crippen LogP contribution in [0, 0.1) is 17.0 Å². The molecular formula is C10H11NO3. The number of nitrogens with zero attached hydrogens (tertiary/aromatic N) is 1. The highest BCUT2D eigenvalue weighted by atomic mass is 16.6. The Hall–Kier alpha value is -1.68. The normalized spacial score (nSPS) is 11.4. The minimum absolute atomic E-state index is 0.200. The molecular weight excluding hydrogens is 182 g/mol. The van der Waals surface area contributed by atoms with Crippen LogP contribution in [0.5, 0.6) is 0 Å². The minimum Gasteiger partial charge on any atom is -0.385 e. The highest BCUT2D eigenvalue weighted by Gasteiger charge is 2.07. The first-order chi connectivity index (χ1) is 6.63. The summed E-state index contributed by atoms with van der Waals surface area (Å²) in [5.74, 6) is 0. The number of hydrogen-bond donors (Lipinski definition) is 1. The number of rotatable bonds is 3. The Kier molecular flexibility index (Phi) is 3.36. The lowest BCUT2D eigenvalue weighted by Gasteiger charge is -1.96. The van der Waals surface area contributed by atoms with Crippen molar-refractivity contribution in [1.29, 1.82) is 0 Å². The number of benzene rings is 1. The van der Waals surface area contributed by atoms with E-state index < -0.39 is 11.5 Å². The summed E-state index contributed by atoms with van der Waals surface area (Å²) in [5.41, 5.74) is 1.61. The molecule has 1 rings (SSSR count). The van der Waals surface area contributed by atoms with Gasteiger partial charge in [0.2, 0.25) is 0 Å². The summed E-state index contributed by atoms with van der Waals surface area (Å²) in [6.07, 6.45) is 1.36. The first-order valence-electron chi connectivity index (χ1n) is 4.16. The summed E-state index contributed by atoms with van der Waals surface area (Å²) in [6, 6.07) is 7.27. The van der Waals surface area contributed by atoms with Crippen molar-refractivity contribution >= 4 is 6.08 Å². The lowest BCUT2D eigenvalue weighted by molar-refractivity contribution is -0.428. The molecule has 0 atom stereocenters. The SMILES string of the molecule is Cc1ccc(/C=C(\CO)[N+](=O)[O-])cc1. The first-order valence-corrected chi connectivity index (χ1v) is 4.16. The molecule has 0 spiro atoms. The average molecular weight is 193 g/mol. The predicted molar refractivity (Wildman–Crippen MR) is 53.2 cm³/mol. The molecule has 0 saturated heterocycles. The summed E-state index contributed by atoms with van der Waals surface area (Å²) in [6.45, 7) is 1.38. The minimum atomic E-state index is -0.583. The van der Waals surface area contributed by atoms with Crippen LogP contribution in [0.15, 0.2) is 30.0 Å². The van der Waals surface area contributed by atoms with E-state index in [4.69, 9.17) is 5.11 Å². The molecule has 0 aliphatic rings. The average Bonchev–Trinajstić information content (AvgIpc) is 2.16. The quantitative estimate of drug-likeness (QED) is 0.585. The van der Waals surface area contributed by atoms with E-state index in [2.05, 4.69) is 0 Å². The zero-order chi connectivity index (χ0) is 10.6. The molecule has 4 heteroatoms. The van der Waals surface area contributed by atoms with Crippen molar-refractivity contribution in [2.75, 3.05) is 6.61 Å². The molecule has 0 saturated carbocycles. The molecule has 1 N–H and O–H groups in total. The molecule has 1 aromatic rings. The molecule has 0 fully saturated rings. The maximum atomic E-state index is 10.4. The molecule has 0 aliphatic heterocycles. The van der Waals surface area contributed by atoms with E-state index in [0.717, 1.165) is 11.1 Å². The lowest BCUT2D eigenvalue weighted by atomic mass is 10.1. The zero-order valence-corrected chi connectivity index (χ0v) is 7.80. The van der Waals surface area contributed by atoms with Gasteiger partial charge in [-0.3, -0.25) is 10.1 Å². The Balaban J connectivity index is 2.95. The molecule has 0 radical (unpaired) electrons. The van der Waals surface area contributed by atoms with Crippen molar-refractivity contribution in [3.05, 3.63) is 51.2 Å². The zero-order valence-electron chi connectivity index (χ0n) is 7.80. The van der Waals surface area contributed by atoms with Gasteiger partial charge < -0.3 is 5.11 Å². The van der Waals surface area contributed by atoms with Gasteiger partial charge in [-0.15, -0.1) is 0 Å². The third-order valence-electron chi connectivity index (χ3n) is 1.81. The van der Waals surface area contributed by atoms with Crippen molar-refractivity contribution in [2.45, 2.75) is 6.92 Å². The Morgan fingerprint density at radius 3 is 2.50 bits per heavy atom. The van der Waals surface area contributed by atoms with Crippen LogP contribution in [0.4, 0.5) is 0 Å². The molecule has 14 heavy (non-hydrogen) atoms. The third kappa shape index (κ3) is 2.67. The monoisotopic (exact) mass is 193 g/mol. The third-order valence-corrected chi connectivity index (χ3v) is 1.81. The number of hydrogen-bond acceptors (Lipinski definition) is 3. The molecule has 1 aromatic carbocycles. The maximum Gasteiger partial charge on any atom is 0.271 e. The molecule has 0 aromatic heterocycles. The molecule has 0 amide bonds. The smallest absolute Gasteiger partial charge is 0.271 e. The topological polar surface area (TPSA) is 63.4 Å². The van der Waals surface area contributed by atoms with Gasteiger partial charge in [-0.1, -0.05) is 29.8 Å². The summed E-state index contributed by atoms with van der Waals surface area (Å²) in [5, 5.41) is 19.1. The highest BCUT2D eigenvalue weighted by molar-refractivity contribution is 5.51. The van der Waals surface area contributed by atoms with Crippen molar-refractivity contribution in [1.82, 2.24) is 0 Å². The fraction of sp³-hybridized carbons (Fsp3) is 0.200. The maximum absolute atomic E-state index is 10.4. The molecule has 74 valence electrons. The molecule has 0 unspecified atom stereocenters. The van der Waals surface area contributed by atoms with Crippen molar-refractivity contribution < 1.29 is 10.0 Å². The predicted octanol–water partition coefficient (Wildman–Crippen LogP) is 1.60. The van der Waals surface area contributed by atoms with Gasteiger partial charge in [0, 0.05) is 6.08 Å². The Bertz CT molecular complexity index is 354. The number of aliphatic hydroxyl groups excluding tert-OH is 1. The molecule has 0 aliphatic carbocycles. The van der Waals surface area contributed by atoms with Gasteiger partial charge >= 0.3 is 0 Å². The highest BCUT2D eigenvalue weighted by Crippen LogP contribution is 2.08. The largest absolute Gasteiger partial charge is 0.385 e. The van der Waals surface area contributed by atoms with E-state index in [0.29, 0.717) is 0 Å². The van der Waals surface area contributed by atoms with Crippen LogP contribution in [0.2, 0.25) is 0 Å². The summed E-state index contributed by atoms with van der Waals surface area (Å²) in [7, 11) is 0. The van der Waals surface area contributed by atoms with Gasteiger partial charge in [-0.2, -0.15) is 0 Å². The van der Waals surface area contributed by atoms with E-state index in [9.17, 15) is 10.1 Å². The second-order valence-electron chi connectivity index (χ2n) is 2.96. The molecule has 0 bridgehead atoms. The van der Waals surface area contributed by atoms with Gasteiger partial charge in [0.25, 0.3) is 5.70 Å². The number of nitro groups is 1. The second kappa shape index (κ2) is 4.53. The van der Waals surface area contributed by atoms with Crippen molar-refractivity contribution in [2.24, 2.45) is 0 Å². The summed E-state index contributed by atoms with van der Waals surface area (Å²) < 4.78 is 0. The lowest BCUT2D eigenvalue weighted by Crippen LogP contribution is -2.02. The first kappa shape index (κ1) is 10.4. The van der Waals surface area contributed by atoms with Gasteiger partial charge in [-0.05, 0) is 12.5 Å². The summed E-state index contributed by atoms with van der Waals surface area (Å²) >= 11 is 0. The number of aryl methyl sites for hydroxylation is 1. The fourth-order valence-electron chi connectivity index (χ4n) is 1.01. The van der Waals surface area contributed by atoms with E-state index in [1.165, 1.54) is 6.08 Å². The molecule has 0 heterocycles. The van der Waals surface area contributed by atoms with Crippen LogP contribution in [0.25, 0.3) is 6.08 Å².